The SMILES string of the molecule is COC(=O)C1=C(c2ccc(F)cc2OCc2ccccc2)CC2CCC1N2C(=O)N1CCOCC1. The highest BCUT2D eigenvalue weighted by atomic mass is 19.1. The molecule has 184 valence electrons. The number of hydrogen-bond donors (Lipinski definition) is 0. The molecule has 2 unspecified atom stereocenters. The number of nitrogens with zero attached hydrogens (tertiary/aromatic N) is 2. The standard InChI is InChI=1S/C27H29FN2O5/c1-33-26(31)25-22(16-20-8-10-23(25)30(20)27(32)29-11-13-34-14-12-29)21-9-7-19(28)15-24(21)35-17-18-5-3-2-4-6-18/h2-7,9,15,20,23H,8,10-14,16-17H2,1H3. The highest BCUT2D eigenvalue weighted by Crippen LogP contribution is 2.46. The summed E-state index contributed by atoms with van der Waals surface area (Å²) in [6.07, 6.45) is 1.94. The van der Waals surface area contributed by atoms with Gasteiger partial charge in [0.15, 0.2) is 0 Å². The molecule has 2 amide bonds. The van der Waals surface area contributed by atoms with E-state index in [0.717, 1.165) is 17.6 Å². The number of urea groups is 1. The molecule has 35 heavy (non-hydrogen) atoms. The summed E-state index contributed by atoms with van der Waals surface area (Å²) in [7, 11) is 1.35. The summed E-state index contributed by atoms with van der Waals surface area (Å²) in [4.78, 5) is 30.1. The summed E-state index contributed by atoms with van der Waals surface area (Å²) >= 11 is 0. The zero-order valence-electron chi connectivity index (χ0n) is 19.7. The van der Waals surface area contributed by atoms with Gasteiger partial charge >= 0.3 is 12.0 Å². The Bertz CT molecular complexity index is 1130. The van der Waals surface area contributed by atoms with Crippen LogP contribution < -0.4 is 4.74 Å². The van der Waals surface area contributed by atoms with Gasteiger partial charge in [0.1, 0.15) is 18.2 Å². The number of benzene rings is 2. The van der Waals surface area contributed by atoms with Crippen LogP contribution in [0.5, 0.6) is 5.75 Å². The number of fused-ring (bicyclic) bond motifs is 2. The third kappa shape index (κ3) is 4.62. The lowest BCUT2D eigenvalue weighted by Crippen LogP contribution is -2.54. The summed E-state index contributed by atoms with van der Waals surface area (Å²) in [5.74, 6) is -0.513. The Morgan fingerprint density at radius 1 is 1.09 bits per heavy atom. The minimum Gasteiger partial charge on any atom is -0.488 e. The molecule has 0 spiro atoms. The highest BCUT2D eigenvalue weighted by Gasteiger charge is 2.48. The number of carbonyl (C=O) groups is 2. The predicted octanol–water partition coefficient (Wildman–Crippen LogP) is 4.02. The summed E-state index contributed by atoms with van der Waals surface area (Å²) in [6, 6.07) is 13.5. The molecule has 2 fully saturated rings. The summed E-state index contributed by atoms with van der Waals surface area (Å²) in [5, 5.41) is 0. The second kappa shape index (κ2) is 10.1. The van der Waals surface area contributed by atoms with E-state index in [-0.39, 0.29) is 18.7 Å². The molecule has 0 aliphatic carbocycles. The molecule has 0 N–H and O–H groups in total. The minimum atomic E-state index is -0.469. The number of hydrogen-bond acceptors (Lipinski definition) is 5. The fraction of sp³-hybridized carbons (Fsp3) is 0.407. The lowest BCUT2D eigenvalue weighted by atomic mass is 9.88. The maximum absolute atomic E-state index is 14.2. The van der Waals surface area contributed by atoms with Gasteiger partial charge < -0.3 is 24.0 Å². The van der Waals surface area contributed by atoms with E-state index in [1.54, 1.807) is 11.0 Å². The van der Waals surface area contributed by atoms with Crippen LogP contribution in [-0.2, 0) is 20.9 Å². The predicted molar refractivity (Wildman–Crippen MR) is 127 cm³/mol. The molecule has 2 bridgehead atoms. The molecule has 8 heteroatoms. The van der Waals surface area contributed by atoms with Crippen LogP contribution >= 0.6 is 0 Å². The molecule has 0 radical (unpaired) electrons. The van der Waals surface area contributed by atoms with E-state index in [2.05, 4.69) is 0 Å². The zero-order chi connectivity index (χ0) is 24.4. The van der Waals surface area contributed by atoms with Gasteiger partial charge in [-0.3, -0.25) is 0 Å². The van der Waals surface area contributed by atoms with Crippen LogP contribution in [0.25, 0.3) is 5.57 Å². The smallest absolute Gasteiger partial charge is 0.336 e. The lowest BCUT2D eigenvalue weighted by molar-refractivity contribution is -0.136. The van der Waals surface area contributed by atoms with Crippen LogP contribution in [0.15, 0.2) is 54.1 Å². The average molecular weight is 481 g/mol. The van der Waals surface area contributed by atoms with Crippen molar-refractivity contribution in [1.82, 2.24) is 9.80 Å². The Labute approximate surface area is 204 Å². The third-order valence-corrected chi connectivity index (χ3v) is 7.01. The second-order valence-electron chi connectivity index (χ2n) is 9.04. The number of amides is 2. The first kappa shape index (κ1) is 23.4. The fourth-order valence-electron chi connectivity index (χ4n) is 5.35. The Morgan fingerprint density at radius 3 is 2.60 bits per heavy atom. The van der Waals surface area contributed by atoms with Gasteiger partial charge in [0, 0.05) is 30.8 Å². The van der Waals surface area contributed by atoms with Crippen LogP contribution in [0.3, 0.4) is 0 Å². The molecule has 3 heterocycles. The van der Waals surface area contributed by atoms with E-state index < -0.39 is 17.8 Å². The van der Waals surface area contributed by atoms with Gasteiger partial charge in [-0.15, -0.1) is 0 Å². The first-order valence-corrected chi connectivity index (χ1v) is 12.0. The molecule has 2 saturated heterocycles. The van der Waals surface area contributed by atoms with Gasteiger partial charge in [-0.05, 0) is 42.5 Å². The van der Waals surface area contributed by atoms with E-state index >= 15 is 0 Å². The number of carbonyl (C=O) groups excluding carboxylic acids is 2. The van der Waals surface area contributed by atoms with Crippen molar-refractivity contribution in [3.63, 3.8) is 0 Å². The van der Waals surface area contributed by atoms with Crippen molar-refractivity contribution in [3.8, 4) is 5.75 Å². The van der Waals surface area contributed by atoms with Crippen molar-refractivity contribution in [3.05, 3.63) is 71.0 Å². The van der Waals surface area contributed by atoms with E-state index in [4.69, 9.17) is 14.2 Å². The van der Waals surface area contributed by atoms with Gasteiger partial charge in [-0.2, -0.15) is 0 Å². The monoisotopic (exact) mass is 480 g/mol. The van der Waals surface area contributed by atoms with Crippen LogP contribution in [0.4, 0.5) is 9.18 Å². The van der Waals surface area contributed by atoms with E-state index in [1.165, 1.54) is 19.2 Å². The molecule has 2 aromatic rings. The fourth-order valence-corrected chi connectivity index (χ4v) is 5.35. The van der Waals surface area contributed by atoms with Gasteiger partial charge in [-0.1, -0.05) is 30.3 Å². The molecule has 2 aromatic carbocycles. The maximum Gasteiger partial charge on any atom is 0.336 e. The largest absolute Gasteiger partial charge is 0.488 e. The minimum absolute atomic E-state index is 0.0502. The van der Waals surface area contributed by atoms with Crippen molar-refractivity contribution in [2.75, 3.05) is 33.4 Å². The first-order valence-electron chi connectivity index (χ1n) is 12.0. The second-order valence-corrected chi connectivity index (χ2v) is 9.04. The Morgan fingerprint density at radius 2 is 1.86 bits per heavy atom. The van der Waals surface area contributed by atoms with Gasteiger partial charge in [-0.25, -0.2) is 14.0 Å². The van der Waals surface area contributed by atoms with Gasteiger partial charge in [0.2, 0.25) is 0 Å². The number of halogens is 1. The molecular weight excluding hydrogens is 451 g/mol. The van der Waals surface area contributed by atoms with Crippen LogP contribution in [0.1, 0.15) is 30.4 Å². The van der Waals surface area contributed by atoms with Crippen molar-refractivity contribution >= 4 is 17.6 Å². The number of morpholine rings is 1. The number of methoxy groups -OCH3 is 1. The van der Waals surface area contributed by atoms with Crippen LogP contribution in [-0.4, -0.2) is 67.3 Å². The third-order valence-electron chi connectivity index (χ3n) is 7.01. The average Bonchev–Trinajstić information content (AvgIpc) is 3.20. The van der Waals surface area contributed by atoms with Crippen molar-refractivity contribution in [2.45, 2.75) is 38.0 Å². The highest BCUT2D eigenvalue weighted by molar-refractivity contribution is 6.01. The van der Waals surface area contributed by atoms with Crippen molar-refractivity contribution in [1.29, 1.82) is 0 Å². The normalized spacial score (nSPS) is 21.8. The molecule has 7 nitrogen and oxygen atoms in total. The first-order chi connectivity index (χ1) is 17.1. The maximum atomic E-state index is 14.2. The van der Waals surface area contributed by atoms with Crippen molar-refractivity contribution in [2.24, 2.45) is 0 Å². The Kier molecular flexibility index (Phi) is 6.72. The molecule has 2 atom stereocenters. The number of rotatable bonds is 5. The summed E-state index contributed by atoms with van der Waals surface area (Å²) < 4.78 is 30.9. The quantitative estimate of drug-likeness (QED) is 0.605. The zero-order valence-corrected chi connectivity index (χ0v) is 19.7. The van der Waals surface area contributed by atoms with Gasteiger partial charge in [0.05, 0.1) is 31.9 Å². The van der Waals surface area contributed by atoms with Gasteiger partial charge in [0.25, 0.3) is 0 Å². The van der Waals surface area contributed by atoms with Crippen molar-refractivity contribution < 1.29 is 28.2 Å². The number of esters is 1. The van der Waals surface area contributed by atoms with E-state index in [0.29, 0.717) is 56.0 Å². The van der Waals surface area contributed by atoms with Crippen LogP contribution in [0, 0.1) is 5.82 Å². The summed E-state index contributed by atoms with van der Waals surface area (Å²) in [5.41, 5.74) is 2.84. The molecule has 3 aliphatic rings. The van der Waals surface area contributed by atoms with Crippen LogP contribution in [0.2, 0.25) is 0 Å². The van der Waals surface area contributed by atoms with E-state index in [1.807, 2.05) is 35.2 Å². The Balaban J connectivity index is 1.51. The molecular formula is C27H29FN2O5. The van der Waals surface area contributed by atoms with E-state index in [9.17, 15) is 14.0 Å². The topological polar surface area (TPSA) is 68.3 Å². The molecule has 3 aliphatic heterocycles. The number of ether oxygens (including phenoxy) is 3. The Hall–Kier alpha value is -3.39. The molecule has 0 aromatic heterocycles. The molecule has 0 saturated carbocycles. The summed E-state index contributed by atoms with van der Waals surface area (Å²) in [6.45, 7) is 2.37. The lowest BCUT2D eigenvalue weighted by Gasteiger charge is -2.41. The molecule has 5 rings (SSSR count).